The fourth-order valence-corrected chi connectivity index (χ4v) is 14.3. The summed E-state index contributed by atoms with van der Waals surface area (Å²) in [5.74, 6) is 0.541. The summed E-state index contributed by atoms with van der Waals surface area (Å²) < 4.78 is 39.1. The Balaban J connectivity index is 3.39. The van der Waals surface area contributed by atoms with Crippen LogP contribution in [0.3, 0.4) is 0 Å². The van der Waals surface area contributed by atoms with Crippen molar-refractivity contribution in [1.29, 1.82) is 0 Å². The maximum absolute atomic E-state index is 13.6. The Hall–Kier alpha value is -0.680. The Morgan fingerprint density at radius 1 is 0.774 bits per heavy atom. The zero-order chi connectivity index (χ0) is 23.2. The van der Waals surface area contributed by atoms with Crippen molar-refractivity contribution in [2.45, 2.75) is 84.0 Å². The molecule has 0 aliphatic heterocycles. The second kappa shape index (κ2) is 13.8. The van der Waals surface area contributed by atoms with E-state index in [1.165, 1.54) is 0 Å². The molecular weight excluding hydrogens is 431 g/mol. The number of hydrogen-bond donors (Lipinski definition) is 1. The van der Waals surface area contributed by atoms with Gasteiger partial charge in [-0.25, -0.2) is 0 Å². The van der Waals surface area contributed by atoms with Crippen LogP contribution < -0.4 is 4.74 Å². The zero-order valence-electron chi connectivity index (χ0n) is 20.1. The van der Waals surface area contributed by atoms with Crippen molar-refractivity contribution >= 4 is 16.9 Å². The molecule has 31 heavy (non-hydrogen) atoms. The quantitative estimate of drug-likeness (QED) is 0.247. The molecule has 1 rings (SSSR count). The summed E-state index contributed by atoms with van der Waals surface area (Å²) >= 11 is 0. The molecule has 0 aliphatic carbocycles. The van der Waals surface area contributed by atoms with E-state index >= 15 is 0 Å². The second-order valence-corrected chi connectivity index (χ2v) is 16.2. The van der Waals surface area contributed by atoms with Crippen molar-refractivity contribution in [1.82, 2.24) is 0 Å². The number of aliphatic hydroxyl groups excluding tert-OH is 1. The van der Waals surface area contributed by atoms with Gasteiger partial charge in [-0.15, -0.1) is 0 Å². The molecule has 0 fully saturated rings. The van der Waals surface area contributed by atoms with Crippen molar-refractivity contribution in [3.05, 3.63) is 24.3 Å². The van der Waals surface area contributed by atoms with Gasteiger partial charge in [0.2, 0.25) is 0 Å². The number of rotatable bonds is 18. The molecule has 1 aromatic carbocycles. The molecule has 0 atom stereocenters. The van der Waals surface area contributed by atoms with Crippen LogP contribution in [0, 0.1) is 0 Å². The topological polar surface area (TPSA) is 72.8 Å². The molecule has 0 aromatic heterocycles. The Labute approximate surface area is 191 Å². The van der Waals surface area contributed by atoms with E-state index in [0.29, 0.717) is 5.75 Å². The second-order valence-electron chi connectivity index (χ2n) is 8.74. The molecular formula is C24H45O5PS. The Morgan fingerprint density at radius 2 is 1.19 bits per heavy atom. The van der Waals surface area contributed by atoms with E-state index in [9.17, 15) is 8.42 Å². The third-order valence-electron chi connectivity index (χ3n) is 6.09. The summed E-state index contributed by atoms with van der Waals surface area (Å²) in [6.45, 7) is 5.85. The maximum atomic E-state index is 13.6. The summed E-state index contributed by atoms with van der Waals surface area (Å²) in [5, 5.41) is 8.91. The van der Waals surface area contributed by atoms with E-state index < -0.39 is 16.9 Å². The average Bonchev–Trinajstić information content (AvgIpc) is 2.78. The van der Waals surface area contributed by atoms with E-state index in [-0.39, 0.29) is 18.1 Å². The van der Waals surface area contributed by atoms with E-state index in [1.54, 1.807) is 24.3 Å². The molecule has 182 valence electrons. The minimum atomic E-state index is -3.88. The zero-order valence-corrected chi connectivity index (χ0v) is 21.9. The van der Waals surface area contributed by atoms with Crippen molar-refractivity contribution < 1.29 is 22.2 Å². The molecule has 0 unspecified atom stereocenters. The molecule has 1 N–H and O–H groups in total. The van der Waals surface area contributed by atoms with E-state index in [4.69, 9.17) is 13.8 Å². The Kier molecular flexibility index (Phi) is 12.6. The SMILES string of the molecule is CCCCP(CCCC)(CCCC)(CCCC)OS(=O)(=O)c1ccc(OCCO)cc1. The number of aliphatic hydroxyl groups is 1. The first-order valence-electron chi connectivity index (χ1n) is 12.1. The first-order chi connectivity index (χ1) is 14.8. The third kappa shape index (κ3) is 8.64. The van der Waals surface area contributed by atoms with Crippen LogP contribution in [0.25, 0.3) is 0 Å². The molecule has 5 nitrogen and oxygen atoms in total. The van der Waals surface area contributed by atoms with Crippen molar-refractivity contribution in [3.63, 3.8) is 0 Å². The van der Waals surface area contributed by atoms with Crippen LogP contribution in [0.1, 0.15) is 79.1 Å². The van der Waals surface area contributed by atoms with Crippen LogP contribution in [0.5, 0.6) is 5.75 Å². The number of unbranched alkanes of at least 4 members (excludes halogenated alkanes) is 4. The third-order valence-corrected chi connectivity index (χ3v) is 15.2. The molecule has 0 saturated carbocycles. The van der Waals surface area contributed by atoms with Crippen LogP contribution in [-0.4, -0.2) is 51.4 Å². The number of hydrogen-bond acceptors (Lipinski definition) is 5. The van der Waals surface area contributed by atoms with Gasteiger partial charge in [0, 0.05) is 0 Å². The van der Waals surface area contributed by atoms with Crippen LogP contribution in [0.4, 0.5) is 0 Å². The van der Waals surface area contributed by atoms with Gasteiger partial charge < -0.3 is 0 Å². The van der Waals surface area contributed by atoms with Crippen LogP contribution >= 0.6 is 6.83 Å². The molecule has 1 aromatic rings. The Morgan fingerprint density at radius 3 is 1.55 bits per heavy atom. The van der Waals surface area contributed by atoms with Gasteiger partial charge in [-0.3, -0.25) is 0 Å². The monoisotopic (exact) mass is 476 g/mol. The van der Waals surface area contributed by atoms with Gasteiger partial charge in [0.05, 0.1) is 0 Å². The van der Waals surface area contributed by atoms with Gasteiger partial charge in [0.25, 0.3) is 0 Å². The van der Waals surface area contributed by atoms with Crippen molar-refractivity contribution in [2.24, 2.45) is 0 Å². The fourth-order valence-electron chi connectivity index (χ4n) is 4.24. The summed E-state index contributed by atoms with van der Waals surface area (Å²) in [6, 6.07) is 6.40. The first kappa shape index (κ1) is 28.4. The van der Waals surface area contributed by atoms with Crippen LogP contribution in [0.15, 0.2) is 29.2 Å². The normalized spacial score (nSPS) is 13.6. The molecule has 0 bridgehead atoms. The fraction of sp³-hybridized carbons (Fsp3) is 0.750. The van der Waals surface area contributed by atoms with Gasteiger partial charge in [-0.05, 0) is 0 Å². The van der Waals surface area contributed by atoms with Crippen LogP contribution in [-0.2, 0) is 14.1 Å². The summed E-state index contributed by atoms with van der Waals surface area (Å²) in [6.07, 6.45) is 11.8. The van der Waals surface area contributed by atoms with Crippen molar-refractivity contribution in [3.8, 4) is 5.75 Å². The number of ether oxygens (including phenoxy) is 1. The Bertz CT molecular complexity index is 674. The predicted molar refractivity (Wildman–Crippen MR) is 133 cm³/mol. The standard InChI is InChI=1S/C24H45O5PS/c1-5-9-19-30(20-10-6-2,21-11-7-3,22-12-8-4)29-31(26,27)24-15-13-23(14-16-24)28-18-17-25/h13-16,25H,5-12,17-22H2,1-4H3. The molecule has 7 heteroatoms. The number of benzene rings is 1. The molecule has 0 spiro atoms. The average molecular weight is 477 g/mol. The summed E-state index contributed by atoms with van der Waals surface area (Å²) in [7, 11) is -3.88. The van der Waals surface area contributed by atoms with Gasteiger partial charge in [0.15, 0.2) is 0 Å². The predicted octanol–water partition coefficient (Wildman–Crippen LogP) is 6.43. The van der Waals surface area contributed by atoms with Gasteiger partial charge in [-0.2, -0.15) is 0 Å². The molecule has 0 saturated heterocycles. The summed E-state index contributed by atoms with van der Waals surface area (Å²) in [4.78, 5) is 0.193. The van der Waals surface area contributed by atoms with Gasteiger partial charge in [-0.1, -0.05) is 0 Å². The molecule has 0 radical (unpaired) electrons. The van der Waals surface area contributed by atoms with Crippen molar-refractivity contribution in [2.75, 3.05) is 37.9 Å². The van der Waals surface area contributed by atoms with E-state index in [1.807, 2.05) is 0 Å². The molecule has 0 amide bonds. The molecule has 0 heterocycles. The van der Waals surface area contributed by atoms with Gasteiger partial charge >= 0.3 is 191 Å². The molecule has 0 aliphatic rings. The first-order valence-corrected chi connectivity index (χ1v) is 16.4. The summed E-state index contributed by atoms with van der Waals surface area (Å²) in [5.41, 5.74) is 0. The van der Waals surface area contributed by atoms with E-state index in [2.05, 4.69) is 27.7 Å². The van der Waals surface area contributed by atoms with E-state index in [0.717, 1.165) is 76.0 Å². The van der Waals surface area contributed by atoms with Gasteiger partial charge in [0.1, 0.15) is 0 Å². The van der Waals surface area contributed by atoms with Crippen LogP contribution in [0.2, 0.25) is 0 Å². The minimum absolute atomic E-state index is 0.0818.